The number of aromatic nitrogens is 1. The van der Waals surface area contributed by atoms with Gasteiger partial charge in [0.05, 0.1) is 5.56 Å². The van der Waals surface area contributed by atoms with E-state index in [4.69, 9.17) is 11.6 Å². The number of hydrogen-bond donors (Lipinski definition) is 2. The molecule has 0 amide bonds. The van der Waals surface area contributed by atoms with E-state index in [0.717, 1.165) is 23.4 Å². The Hall–Kier alpha value is -2.63. The lowest BCUT2D eigenvalue weighted by molar-refractivity contribution is 0.0694. The van der Waals surface area contributed by atoms with Crippen molar-refractivity contribution in [3.63, 3.8) is 0 Å². The fraction of sp³-hybridized carbons (Fsp3) is 0.292. The van der Waals surface area contributed by atoms with Crippen molar-refractivity contribution in [2.24, 2.45) is 0 Å². The number of halogens is 2. The molecule has 0 unspecified atom stereocenters. The Bertz CT molecular complexity index is 1050. The molecule has 0 radical (unpaired) electrons. The predicted molar refractivity (Wildman–Crippen MR) is 118 cm³/mol. The van der Waals surface area contributed by atoms with Crippen molar-refractivity contribution in [1.82, 2.24) is 9.88 Å². The third-order valence-corrected chi connectivity index (χ3v) is 5.94. The molecule has 2 N–H and O–H groups in total. The summed E-state index contributed by atoms with van der Waals surface area (Å²) in [6.45, 7) is 7.42. The van der Waals surface area contributed by atoms with Crippen LogP contribution in [0.5, 0.6) is 0 Å². The zero-order valence-corrected chi connectivity index (χ0v) is 18.1. The SMILES string of the molecule is Cc1c(CNC[C@H](C)c2ccccc2)c(C(=O)O)c(C)n1Cc1ccc(F)cc1Cl. The van der Waals surface area contributed by atoms with Gasteiger partial charge >= 0.3 is 5.97 Å². The molecule has 30 heavy (non-hydrogen) atoms. The molecule has 1 aromatic heterocycles. The molecule has 3 rings (SSSR count). The van der Waals surface area contributed by atoms with Gasteiger partial charge < -0.3 is 15.0 Å². The quantitative estimate of drug-likeness (QED) is 0.495. The van der Waals surface area contributed by atoms with Crippen molar-refractivity contribution in [3.8, 4) is 0 Å². The molecule has 4 nitrogen and oxygen atoms in total. The van der Waals surface area contributed by atoms with Gasteiger partial charge in [0.2, 0.25) is 0 Å². The van der Waals surface area contributed by atoms with Gasteiger partial charge in [-0.25, -0.2) is 9.18 Å². The zero-order chi connectivity index (χ0) is 21.8. The maximum Gasteiger partial charge on any atom is 0.337 e. The first-order valence-corrected chi connectivity index (χ1v) is 10.3. The summed E-state index contributed by atoms with van der Waals surface area (Å²) in [6.07, 6.45) is 0. The standard InChI is InChI=1S/C24H26ClFN2O2/c1-15(18-7-5-4-6-8-18)12-27-13-21-16(2)28(17(3)23(21)24(29)30)14-19-9-10-20(26)11-22(19)25/h4-11,15,27H,12-14H2,1-3H3,(H,29,30)/t15-/m0/s1. The summed E-state index contributed by atoms with van der Waals surface area (Å²) < 4.78 is 15.3. The predicted octanol–water partition coefficient (Wildman–Crippen LogP) is 5.54. The summed E-state index contributed by atoms with van der Waals surface area (Å²) in [5.41, 5.74) is 4.58. The number of carboxylic acid groups (broad SMARTS) is 1. The lowest BCUT2D eigenvalue weighted by Crippen LogP contribution is -2.21. The molecule has 0 bridgehead atoms. The second-order valence-electron chi connectivity index (χ2n) is 7.59. The normalized spacial score (nSPS) is 12.2. The van der Waals surface area contributed by atoms with Crippen molar-refractivity contribution in [3.05, 3.63) is 93.0 Å². The molecule has 158 valence electrons. The zero-order valence-electron chi connectivity index (χ0n) is 17.4. The van der Waals surface area contributed by atoms with Crippen LogP contribution in [0.3, 0.4) is 0 Å². The fourth-order valence-corrected chi connectivity index (χ4v) is 4.05. The molecule has 1 heterocycles. The molecule has 0 saturated carbocycles. The van der Waals surface area contributed by atoms with E-state index in [1.165, 1.54) is 17.7 Å². The van der Waals surface area contributed by atoms with Crippen molar-refractivity contribution < 1.29 is 14.3 Å². The number of benzene rings is 2. The Morgan fingerprint density at radius 1 is 1.17 bits per heavy atom. The van der Waals surface area contributed by atoms with E-state index in [9.17, 15) is 14.3 Å². The highest BCUT2D eigenvalue weighted by molar-refractivity contribution is 6.31. The molecule has 1 atom stereocenters. The van der Waals surface area contributed by atoms with Crippen LogP contribution in [0.25, 0.3) is 0 Å². The summed E-state index contributed by atoms with van der Waals surface area (Å²) in [4.78, 5) is 12.0. The van der Waals surface area contributed by atoms with Crippen LogP contribution in [-0.4, -0.2) is 22.2 Å². The van der Waals surface area contributed by atoms with Crippen LogP contribution < -0.4 is 5.32 Å². The molecule has 0 aliphatic heterocycles. The Labute approximate surface area is 181 Å². The van der Waals surface area contributed by atoms with Crippen molar-refractivity contribution in [2.45, 2.75) is 39.8 Å². The molecular weight excluding hydrogens is 403 g/mol. The number of nitrogens with zero attached hydrogens (tertiary/aromatic N) is 1. The third kappa shape index (κ3) is 4.74. The molecule has 0 spiro atoms. The Morgan fingerprint density at radius 3 is 2.50 bits per heavy atom. The van der Waals surface area contributed by atoms with E-state index in [1.807, 2.05) is 29.7 Å². The maximum atomic E-state index is 13.4. The number of carboxylic acids is 1. The number of aromatic carboxylic acids is 1. The highest BCUT2D eigenvalue weighted by Gasteiger charge is 2.23. The van der Waals surface area contributed by atoms with Gasteiger partial charge in [0.15, 0.2) is 0 Å². The molecule has 0 aliphatic rings. The van der Waals surface area contributed by atoms with E-state index < -0.39 is 11.8 Å². The first kappa shape index (κ1) is 22.1. The van der Waals surface area contributed by atoms with Crippen molar-refractivity contribution in [1.29, 1.82) is 0 Å². The molecule has 6 heteroatoms. The van der Waals surface area contributed by atoms with Gasteiger partial charge in [0.25, 0.3) is 0 Å². The maximum absolute atomic E-state index is 13.4. The van der Waals surface area contributed by atoms with Crippen molar-refractivity contribution >= 4 is 17.6 Å². The van der Waals surface area contributed by atoms with E-state index in [1.54, 1.807) is 13.0 Å². The topological polar surface area (TPSA) is 54.3 Å². The summed E-state index contributed by atoms with van der Waals surface area (Å²) >= 11 is 6.19. The van der Waals surface area contributed by atoms with Crippen LogP contribution in [-0.2, 0) is 13.1 Å². The summed E-state index contributed by atoms with van der Waals surface area (Å²) in [7, 11) is 0. The Balaban J connectivity index is 1.82. The molecule has 0 saturated heterocycles. The van der Waals surface area contributed by atoms with E-state index >= 15 is 0 Å². The van der Waals surface area contributed by atoms with Gasteiger partial charge in [-0.15, -0.1) is 0 Å². The smallest absolute Gasteiger partial charge is 0.337 e. The summed E-state index contributed by atoms with van der Waals surface area (Å²) in [5, 5.41) is 13.5. The van der Waals surface area contributed by atoms with E-state index in [2.05, 4.69) is 24.4 Å². The third-order valence-electron chi connectivity index (χ3n) is 5.59. The molecule has 2 aromatic carbocycles. The number of carbonyl (C=O) groups is 1. The van der Waals surface area contributed by atoms with Crippen LogP contribution in [0, 0.1) is 19.7 Å². The van der Waals surface area contributed by atoms with Crippen LogP contribution in [0.15, 0.2) is 48.5 Å². The van der Waals surface area contributed by atoms with Gasteiger partial charge in [0.1, 0.15) is 5.82 Å². The van der Waals surface area contributed by atoms with Crippen LogP contribution in [0.1, 0.15) is 51.3 Å². The Morgan fingerprint density at radius 2 is 1.87 bits per heavy atom. The van der Waals surface area contributed by atoms with Gasteiger partial charge in [0, 0.05) is 41.6 Å². The Kier molecular flexibility index (Phi) is 6.95. The first-order chi connectivity index (χ1) is 14.3. The number of rotatable bonds is 8. The first-order valence-electron chi connectivity index (χ1n) is 9.91. The van der Waals surface area contributed by atoms with Gasteiger partial charge in [-0.2, -0.15) is 0 Å². The summed E-state index contributed by atoms with van der Waals surface area (Å²) in [5.74, 6) is -1.04. The fourth-order valence-electron chi connectivity index (χ4n) is 3.82. The van der Waals surface area contributed by atoms with Crippen molar-refractivity contribution in [2.75, 3.05) is 6.54 Å². The van der Waals surface area contributed by atoms with Gasteiger partial charge in [-0.05, 0) is 43.0 Å². The molecule has 0 fully saturated rings. The van der Waals surface area contributed by atoms with Crippen LogP contribution in [0.2, 0.25) is 5.02 Å². The summed E-state index contributed by atoms with van der Waals surface area (Å²) in [6, 6.07) is 14.5. The average Bonchev–Trinajstić information content (AvgIpc) is 2.94. The van der Waals surface area contributed by atoms with Crippen LogP contribution >= 0.6 is 11.6 Å². The van der Waals surface area contributed by atoms with Crippen LogP contribution in [0.4, 0.5) is 4.39 Å². The molecule has 3 aromatic rings. The van der Waals surface area contributed by atoms with E-state index in [-0.39, 0.29) is 0 Å². The van der Waals surface area contributed by atoms with Gasteiger partial charge in [-0.1, -0.05) is 54.9 Å². The molecular formula is C24H26ClFN2O2. The highest BCUT2D eigenvalue weighted by atomic mass is 35.5. The monoisotopic (exact) mass is 428 g/mol. The number of hydrogen-bond acceptors (Lipinski definition) is 2. The minimum absolute atomic E-state index is 0.306. The second kappa shape index (κ2) is 9.45. The lowest BCUT2D eigenvalue weighted by Gasteiger charge is -2.14. The molecule has 0 aliphatic carbocycles. The minimum atomic E-state index is -0.951. The minimum Gasteiger partial charge on any atom is -0.478 e. The average molecular weight is 429 g/mol. The highest BCUT2D eigenvalue weighted by Crippen LogP contribution is 2.26. The van der Waals surface area contributed by atoms with Gasteiger partial charge in [-0.3, -0.25) is 0 Å². The van der Waals surface area contributed by atoms with E-state index in [0.29, 0.717) is 35.3 Å². The lowest BCUT2D eigenvalue weighted by atomic mass is 10.0. The second-order valence-corrected chi connectivity index (χ2v) is 8.00. The largest absolute Gasteiger partial charge is 0.478 e. The number of nitrogens with one attached hydrogen (secondary N) is 1.